The maximum Gasteiger partial charge on any atom is 0.234 e. The van der Waals surface area contributed by atoms with Crippen LogP contribution in [0.5, 0.6) is 5.75 Å². The van der Waals surface area contributed by atoms with E-state index in [9.17, 15) is 9.59 Å². The zero-order valence-corrected chi connectivity index (χ0v) is 19.6. The predicted molar refractivity (Wildman–Crippen MR) is 125 cm³/mol. The zero-order valence-electron chi connectivity index (χ0n) is 18.0. The Morgan fingerprint density at radius 3 is 2.56 bits per heavy atom. The smallest absolute Gasteiger partial charge is 0.234 e. The fourth-order valence-corrected chi connectivity index (χ4v) is 3.83. The monoisotopic (exact) mass is 473 g/mol. The molecular formula is C22H24ClN5O3S. The third-order valence-electron chi connectivity index (χ3n) is 4.69. The van der Waals surface area contributed by atoms with Crippen molar-refractivity contribution in [2.24, 2.45) is 7.05 Å². The number of nitrogens with zero attached hydrogens (tertiary/aromatic N) is 3. The lowest BCUT2D eigenvalue weighted by atomic mass is 10.1. The normalized spacial score (nSPS) is 10.6. The van der Waals surface area contributed by atoms with Gasteiger partial charge in [0.05, 0.1) is 25.8 Å². The van der Waals surface area contributed by atoms with Gasteiger partial charge in [0.2, 0.25) is 11.8 Å². The molecule has 10 heteroatoms. The fourth-order valence-electron chi connectivity index (χ4n) is 2.88. The second-order valence-corrected chi connectivity index (χ2v) is 8.43. The summed E-state index contributed by atoms with van der Waals surface area (Å²) < 4.78 is 6.88. The molecule has 2 aromatic carbocycles. The third kappa shape index (κ3) is 6.48. The van der Waals surface area contributed by atoms with E-state index in [1.54, 1.807) is 36.9 Å². The number of nitrogens with one attached hydrogen (secondary N) is 2. The highest BCUT2D eigenvalue weighted by molar-refractivity contribution is 7.99. The molecule has 32 heavy (non-hydrogen) atoms. The molecule has 0 fully saturated rings. The van der Waals surface area contributed by atoms with Gasteiger partial charge in [0.1, 0.15) is 5.75 Å². The van der Waals surface area contributed by atoms with Gasteiger partial charge in [-0.15, -0.1) is 10.2 Å². The lowest BCUT2D eigenvalue weighted by Crippen LogP contribution is -2.26. The van der Waals surface area contributed by atoms with E-state index < -0.39 is 0 Å². The number of carbonyl (C=O) groups excluding carboxylic acids is 2. The molecule has 0 aliphatic heterocycles. The van der Waals surface area contributed by atoms with Crippen molar-refractivity contribution < 1.29 is 14.3 Å². The van der Waals surface area contributed by atoms with E-state index in [0.29, 0.717) is 16.0 Å². The highest BCUT2D eigenvalue weighted by Gasteiger charge is 2.13. The summed E-state index contributed by atoms with van der Waals surface area (Å²) in [6.07, 6.45) is 0.258. The van der Waals surface area contributed by atoms with E-state index >= 15 is 0 Å². The Labute approximate surface area is 195 Å². The molecule has 0 unspecified atom stereocenters. The van der Waals surface area contributed by atoms with Gasteiger partial charge in [0, 0.05) is 17.8 Å². The first-order chi connectivity index (χ1) is 15.4. The van der Waals surface area contributed by atoms with Crippen molar-refractivity contribution in [2.75, 3.05) is 18.2 Å². The molecule has 3 rings (SSSR count). The van der Waals surface area contributed by atoms with Crippen molar-refractivity contribution >= 4 is 40.9 Å². The van der Waals surface area contributed by atoms with Gasteiger partial charge in [0.15, 0.2) is 11.0 Å². The van der Waals surface area contributed by atoms with E-state index in [0.717, 1.165) is 22.6 Å². The highest BCUT2D eigenvalue weighted by Crippen LogP contribution is 2.21. The molecule has 3 aromatic rings. The lowest BCUT2D eigenvalue weighted by molar-refractivity contribution is -0.120. The van der Waals surface area contributed by atoms with Crippen LogP contribution < -0.4 is 15.4 Å². The van der Waals surface area contributed by atoms with Gasteiger partial charge in [-0.1, -0.05) is 35.5 Å². The molecule has 0 aliphatic carbocycles. The summed E-state index contributed by atoms with van der Waals surface area (Å²) in [4.78, 5) is 24.5. The molecule has 0 radical (unpaired) electrons. The van der Waals surface area contributed by atoms with Crippen LogP contribution >= 0.6 is 23.4 Å². The van der Waals surface area contributed by atoms with Gasteiger partial charge >= 0.3 is 0 Å². The number of thioether (sulfide) groups is 1. The Morgan fingerprint density at radius 1 is 1.12 bits per heavy atom. The average Bonchev–Trinajstić information content (AvgIpc) is 3.12. The first-order valence-corrected chi connectivity index (χ1v) is 11.2. The summed E-state index contributed by atoms with van der Waals surface area (Å²) in [7, 11) is 3.40. The molecule has 2 N–H and O–H groups in total. The van der Waals surface area contributed by atoms with Crippen LogP contribution in [0.25, 0.3) is 0 Å². The number of aryl methyl sites for hydroxylation is 1. The molecule has 0 saturated carbocycles. The average molecular weight is 474 g/mol. The summed E-state index contributed by atoms with van der Waals surface area (Å²) in [6, 6.07) is 12.6. The minimum atomic E-state index is -0.155. The molecule has 168 valence electrons. The van der Waals surface area contributed by atoms with Crippen LogP contribution in [0.4, 0.5) is 5.69 Å². The van der Waals surface area contributed by atoms with Crippen LogP contribution in [-0.4, -0.2) is 39.4 Å². The topological polar surface area (TPSA) is 98.1 Å². The molecule has 0 spiro atoms. The Hall–Kier alpha value is -3.04. The number of rotatable bonds is 9. The summed E-state index contributed by atoms with van der Waals surface area (Å²) in [5.41, 5.74) is 2.50. The SMILES string of the molecule is COc1ccc(CC(=O)NCc2nnc(SCC(=O)Nc3ccc(Cl)cc3C)n2C)cc1. The van der Waals surface area contributed by atoms with Crippen LogP contribution in [0.1, 0.15) is 17.0 Å². The molecule has 1 heterocycles. The summed E-state index contributed by atoms with van der Waals surface area (Å²) in [5.74, 6) is 1.25. The van der Waals surface area contributed by atoms with Crippen LogP contribution in [0, 0.1) is 6.92 Å². The molecule has 0 saturated heterocycles. The second-order valence-electron chi connectivity index (χ2n) is 7.06. The Balaban J connectivity index is 1.47. The van der Waals surface area contributed by atoms with E-state index in [1.165, 1.54) is 11.8 Å². The largest absolute Gasteiger partial charge is 0.497 e. The van der Waals surface area contributed by atoms with Crippen molar-refractivity contribution in [3.05, 3.63) is 64.4 Å². The first-order valence-electron chi connectivity index (χ1n) is 9.82. The fraction of sp³-hybridized carbons (Fsp3) is 0.273. The van der Waals surface area contributed by atoms with E-state index in [2.05, 4.69) is 20.8 Å². The number of hydrogen-bond acceptors (Lipinski definition) is 6. The molecule has 0 aliphatic rings. The van der Waals surface area contributed by atoms with E-state index in [1.807, 2.05) is 31.2 Å². The molecular weight excluding hydrogens is 450 g/mol. The Bertz CT molecular complexity index is 1100. The van der Waals surface area contributed by atoms with Gasteiger partial charge in [0.25, 0.3) is 0 Å². The first kappa shape index (κ1) is 23.6. The van der Waals surface area contributed by atoms with Crippen molar-refractivity contribution in [1.82, 2.24) is 20.1 Å². The number of hydrogen-bond donors (Lipinski definition) is 2. The maximum absolute atomic E-state index is 12.3. The Morgan fingerprint density at radius 2 is 1.88 bits per heavy atom. The number of halogens is 1. The third-order valence-corrected chi connectivity index (χ3v) is 5.94. The molecule has 2 amide bonds. The van der Waals surface area contributed by atoms with Gasteiger partial charge in [-0.05, 0) is 48.4 Å². The van der Waals surface area contributed by atoms with Gasteiger partial charge in [-0.3, -0.25) is 9.59 Å². The van der Waals surface area contributed by atoms with Crippen LogP contribution in [-0.2, 0) is 29.6 Å². The maximum atomic E-state index is 12.3. The number of amides is 2. The van der Waals surface area contributed by atoms with Gasteiger partial charge in [-0.25, -0.2) is 0 Å². The molecule has 8 nitrogen and oxygen atoms in total. The molecule has 0 bridgehead atoms. The number of benzene rings is 2. The van der Waals surface area contributed by atoms with Crippen LogP contribution in [0.3, 0.4) is 0 Å². The lowest BCUT2D eigenvalue weighted by Gasteiger charge is -2.09. The second kappa shape index (κ2) is 11.0. The minimum Gasteiger partial charge on any atom is -0.497 e. The van der Waals surface area contributed by atoms with Crippen molar-refractivity contribution in [1.29, 1.82) is 0 Å². The summed E-state index contributed by atoms with van der Waals surface area (Å²) in [5, 5.41) is 15.2. The predicted octanol–water partition coefficient (Wildman–Crippen LogP) is 3.38. The number of carbonyl (C=O) groups is 2. The van der Waals surface area contributed by atoms with Crippen LogP contribution in [0.2, 0.25) is 5.02 Å². The van der Waals surface area contributed by atoms with Crippen molar-refractivity contribution in [3.8, 4) is 5.75 Å². The van der Waals surface area contributed by atoms with Crippen molar-refractivity contribution in [3.63, 3.8) is 0 Å². The number of anilines is 1. The Kier molecular flexibility index (Phi) is 8.13. The van der Waals surface area contributed by atoms with Crippen molar-refractivity contribution in [2.45, 2.75) is 25.0 Å². The zero-order chi connectivity index (χ0) is 23.1. The van der Waals surface area contributed by atoms with Gasteiger partial charge in [-0.2, -0.15) is 0 Å². The van der Waals surface area contributed by atoms with Gasteiger partial charge < -0.3 is 19.9 Å². The number of methoxy groups -OCH3 is 1. The molecule has 1 aromatic heterocycles. The summed E-state index contributed by atoms with van der Waals surface area (Å²) >= 11 is 7.22. The molecule has 0 atom stereocenters. The summed E-state index contributed by atoms with van der Waals surface area (Å²) in [6.45, 7) is 2.13. The van der Waals surface area contributed by atoms with E-state index in [4.69, 9.17) is 16.3 Å². The van der Waals surface area contributed by atoms with Crippen LogP contribution in [0.15, 0.2) is 47.6 Å². The highest BCUT2D eigenvalue weighted by atomic mass is 35.5. The number of ether oxygens (including phenoxy) is 1. The van der Waals surface area contributed by atoms with E-state index in [-0.39, 0.29) is 30.5 Å². The minimum absolute atomic E-state index is 0.120. The number of aromatic nitrogens is 3. The standard InChI is InChI=1S/C22H24ClN5O3S/c1-14-10-16(23)6-9-18(14)25-21(30)13-32-22-27-26-19(28(22)2)12-24-20(29)11-15-4-7-17(31-3)8-5-15/h4-10H,11-13H2,1-3H3,(H,24,29)(H,25,30). The quantitative estimate of drug-likeness (QED) is 0.462.